The Morgan fingerprint density at radius 1 is 1.56 bits per heavy atom. The molecule has 2 rings (SSSR count). The molecule has 0 saturated carbocycles. The molecule has 1 aliphatic rings. The molecular weight excluding hydrogens is 207 g/mol. The van der Waals surface area contributed by atoms with E-state index in [1.807, 2.05) is 6.92 Å². The van der Waals surface area contributed by atoms with Gasteiger partial charge in [0.25, 0.3) is 5.91 Å². The molecule has 1 amide bonds. The van der Waals surface area contributed by atoms with Gasteiger partial charge in [-0.2, -0.15) is 4.39 Å². The van der Waals surface area contributed by atoms with Gasteiger partial charge in [-0.05, 0) is 25.3 Å². The van der Waals surface area contributed by atoms with E-state index in [4.69, 9.17) is 0 Å². The van der Waals surface area contributed by atoms with Crippen molar-refractivity contribution in [3.8, 4) is 0 Å². The molecule has 1 fully saturated rings. The Morgan fingerprint density at radius 2 is 2.31 bits per heavy atom. The fourth-order valence-corrected chi connectivity index (χ4v) is 2.28. The smallest absolute Gasteiger partial charge is 0.254 e. The van der Waals surface area contributed by atoms with E-state index in [0.717, 1.165) is 13.0 Å². The van der Waals surface area contributed by atoms with Crippen molar-refractivity contribution < 1.29 is 9.18 Å². The lowest BCUT2D eigenvalue weighted by Crippen LogP contribution is -2.34. The van der Waals surface area contributed by atoms with E-state index in [9.17, 15) is 9.18 Å². The lowest BCUT2D eigenvalue weighted by atomic mass is 10.1. The Balaban J connectivity index is 2.19. The summed E-state index contributed by atoms with van der Waals surface area (Å²) in [6.07, 6.45) is 2.34. The van der Waals surface area contributed by atoms with Crippen molar-refractivity contribution in [3.63, 3.8) is 0 Å². The Kier molecular flexibility index (Phi) is 2.90. The molecule has 0 aromatic carbocycles. The van der Waals surface area contributed by atoms with Crippen LogP contribution >= 0.6 is 0 Å². The van der Waals surface area contributed by atoms with Crippen LogP contribution in [-0.2, 0) is 0 Å². The Labute approximate surface area is 94.3 Å². The topological polar surface area (TPSA) is 33.2 Å². The van der Waals surface area contributed by atoms with Gasteiger partial charge in [0.15, 0.2) is 0 Å². The van der Waals surface area contributed by atoms with Gasteiger partial charge in [0, 0.05) is 30.4 Å². The van der Waals surface area contributed by atoms with E-state index in [1.54, 1.807) is 11.0 Å². The average Bonchev–Trinajstić information content (AvgIpc) is 2.57. The highest BCUT2D eigenvalue weighted by Gasteiger charge is 2.30. The Morgan fingerprint density at radius 3 is 2.88 bits per heavy atom. The molecule has 1 aromatic heterocycles. The summed E-state index contributed by atoms with van der Waals surface area (Å²) in [6, 6.07) is 2.98. The third kappa shape index (κ3) is 2.05. The van der Waals surface area contributed by atoms with Crippen molar-refractivity contribution in [2.75, 3.05) is 6.54 Å². The molecule has 1 aromatic rings. The average molecular weight is 222 g/mol. The van der Waals surface area contributed by atoms with E-state index in [0.29, 0.717) is 11.5 Å². The fraction of sp³-hybridized carbons (Fsp3) is 0.500. The van der Waals surface area contributed by atoms with Crippen LogP contribution in [0.1, 0.15) is 30.6 Å². The molecule has 3 nitrogen and oxygen atoms in total. The minimum absolute atomic E-state index is 0.0989. The SMILES string of the molecule is CC1CC(C)N(C(=O)c2ccnc(F)c2)C1. The second kappa shape index (κ2) is 4.20. The second-order valence-corrected chi connectivity index (χ2v) is 4.51. The highest BCUT2D eigenvalue weighted by Crippen LogP contribution is 2.24. The lowest BCUT2D eigenvalue weighted by molar-refractivity contribution is 0.0743. The number of likely N-dealkylation sites (tertiary alicyclic amines) is 1. The molecule has 0 spiro atoms. The molecule has 2 atom stereocenters. The molecule has 0 aliphatic carbocycles. The lowest BCUT2D eigenvalue weighted by Gasteiger charge is -2.21. The van der Waals surface area contributed by atoms with Crippen LogP contribution in [0.2, 0.25) is 0 Å². The minimum Gasteiger partial charge on any atom is -0.336 e. The number of hydrogen-bond acceptors (Lipinski definition) is 2. The van der Waals surface area contributed by atoms with Crippen LogP contribution < -0.4 is 0 Å². The number of halogens is 1. The first kappa shape index (κ1) is 11.0. The summed E-state index contributed by atoms with van der Waals surface area (Å²) in [5.74, 6) is -0.186. The summed E-state index contributed by atoms with van der Waals surface area (Å²) in [4.78, 5) is 17.3. The first-order valence-corrected chi connectivity index (χ1v) is 5.50. The number of aromatic nitrogens is 1. The maximum absolute atomic E-state index is 12.9. The van der Waals surface area contributed by atoms with Crippen LogP contribution in [0.5, 0.6) is 0 Å². The summed E-state index contributed by atoms with van der Waals surface area (Å²) < 4.78 is 12.9. The van der Waals surface area contributed by atoms with Crippen LogP contribution in [0.4, 0.5) is 4.39 Å². The molecule has 0 bridgehead atoms. The maximum Gasteiger partial charge on any atom is 0.254 e. The van der Waals surface area contributed by atoms with E-state index in [-0.39, 0.29) is 11.9 Å². The van der Waals surface area contributed by atoms with Gasteiger partial charge in [0.1, 0.15) is 0 Å². The van der Waals surface area contributed by atoms with Crippen molar-refractivity contribution >= 4 is 5.91 Å². The number of pyridine rings is 1. The maximum atomic E-state index is 12.9. The van der Waals surface area contributed by atoms with Gasteiger partial charge in [-0.25, -0.2) is 4.98 Å². The standard InChI is InChI=1S/C12H15FN2O/c1-8-5-9(2)15(7-8)12(16)10-3-4-14-11(13)6-10/h3-4,6,8-9H,5,7H2,1-2H3. The van der Waals surface area contributed by atoms with Gasteiger partial charge in [0.2, 0.25) is 5.95 Å². The van der Waals surface area contributed by atoms with Crippen LogP contribution in [0.15, 0.2) is 18.3 Å². The summed E-state index contributed by atoms with van der Waals surface area (Å²) >= 11 is 0. The normalized spacial score (nSPS) is 24.8. The third-order valence-electron chi connectivity index (χ3n) is 3.02. The quantitative estimate of drug-likeness (QED) is 0.682. The molecule has 86 valence electrons. The van der Waals surface area contributed by atoms with Gasteiger partial charge in [-0.15, -0.1) is 0 Å². The van der Waals surface area contributed by atoms with Crippen molar-refractivity contribution in [1.29, 1.82) is 0 Å². The zero-order chi connectivity index (χ0) is 11.7. The van der Waals surface area contributed by atoms with Crippen LogP contribution in [0, 0.1) is 11.9 Å². The number of carbonyl (C=O) groups excluding carboxylic acids is 1. The number of carbonyl (C=O) groups is 1. The molecule has 4 heteroatoms. The Hall–Kier alpha value is -1.45. The summed E-state index contributed by atoms with van der Waals surface area (Å²) in [5.41, 5.74) is 0.383. The van der Waals surface area contributed by atoms with E-state index in [2.05, 4.69) is 11.9 Å². The van der Waals surface area contributed by atoms with Gasteiger partial charge >= 0.3 is 0 Å². The summed E-state index contributed by atoms with van der Waals surface area (Å²) in [7, 11) is 0. The molecule has 1 aliphatic heterocycles. The largest absolute Gasteiger partial charge is 0.336 e. The number of amides is 1. The van der Waals surface area contributed by atoms with E-state index < -0.39 is 5.95 Å². The first-order chi connectivity index (χ1) is 7.58. The first-order valence-electron chi connectivity index (χ1n) is 5.50. The predicted molar refractivity (Wildman–Crippen MR) is 58.5 cm³/mol. The molecule has 2 heterocycles. The van der Waals surface area contributed by atoms with Crippen molar-refractivity contribution in [1.82, 2.24) is 9.88 Å². The van der Waals surface area contributed by atoms with Gasteiger partial charge in [-0.3, -0.25) is 4.79 Å². The molecule has 2 unspecified atom stereocenters. The van der Waals surface area contributed by atoms with Crippen molar-refractivity contribution in [2.24, 2.45) is 5.92 Å². The summed E-state index contributed by atoms with van der Waals surface area (Å²) in [5, 5.41) is 0. The number of rotatable bonds is 1. The molecular formula is C12H15FN2O. The molecule has 0 radical (unpaired) electrons. The highest BCUT2D eigenvalue weighted by atomic mass is 19.1. The minimum atomic E-state index is -0.606. The van der Waals surface area contributed by atoms with Crippen molar-refractivity contribution in [2.45, 2.75) is 26.3 Å². The number of hydrogen-bond donors (Lipinski definition) is 0. The van der Waals surface area contributed by atoms with Crippen LogP contribution in [0.3, 0.4) is 0 Å². The highest BCUT2D eigenvalue weighted by molar-refractivity contribution is 5.94. The van der Waals surface area contributed by atoms with Crippen LogP contribution in [-0.4, -0.2) is 28.4 Å². The zero-order valence-electron chi connectivity index (χ0n) is 9.48. The zero-order valence-corrected chi connectivity index (χ0v) is 9.48. The Bertz CT molecular complexity index is 408. The summed E-state index contributed by atoms with van der Waals surface area (Å²) in [6.45, 7) is 4.90. The van der Waals surface area contributed by atoms with Gasteiger partial charge < -0.3 is 4.90 Å². The molecule has 0 N–H and O–H groups in total. The third-order valence-corrected chi connectivity index (χ3v) is 3.02. The molecule has 1 saturated heterocycles. The van der Waals surface area contributed by atoms with E-state index in [1.165, 1.54) is 12.3 Å². The molecule has 16 heavy (non-hydrogen) atoms. The predicted octanol–water partition coefficient (Wildman–Crippen LogP) is 2.09. The second-order valence-electron chi connectivity index (χ2n) is 4.51. The fourth-order valence-electron chi connectivity index (χ4n) is 2.28. The monoisotopic (exact) mass is 222 g/mol. The number of nitrogens with zero attached hydrogens (tertiary/aromatic N) is 2. The van der Waals surface area contributed by atoms with Crippen molar-refractivity contribution in [3.05, 3.63) is 29.8 Å². The van der Waals surface area contributed by atoms with Gasteiger partial charge in [-0.1, -0.05) is 6.92 Å². The van der Waals surface area contributed by atoms with Crippen LogP contribution in [0.25, 0.3) is 0 Å². The van der Waals surface area contributed by atoms with E-state index >= 15 is 0 Å². The van der Waals surface area contributed by atoms with Gasteiger partial charge in [0.05, 0.1) is 0 Å².